The lowest BCUT2D eigenvalue weighted by Gasteiger charge is -2.16. The molecule has 11 rings (SSSR count). The lowest BCUT2D eigenvalue weighted by Crippen LogP contribution is -1.98. The van der Waals surface area contributed by atoms with Crippen molar-refractivity contribution in [2.24, 2.45) is 0 Å². The third-order valence-electron chi connectivity index (χ3n) is 11.7. The van der Waals surface area contributed by atoms with E-state index in [0.29, 0.717) is 5.82 Å². The Bertz CT molecular complexity index is 3340. The van der Waals surface area contributed by atoms with Crippen LogP contribution in [0.2, 0.25) is 0 Å². The second-order valence-electron chi connectivity index (χ2n) is 15.3. The molecule has 0 fully saturated rings. The highest BCUT2D eigenvalue weighted by molar-refractivity contribution is 6.20. The minimum absolute atomic E-state index is 0.680. The van der Waals surface area contributed by atoms with E-state index in [0.717, 1.165) is 55.9 Å². The Kier molecular flexibility index (Phi) is 8.87. The molecular weight excluding hydrogens is 725 g/mol. The molecule has 1 heterocycles. The number of benzene rings is 10. The monoisotopic (exact) mass is 762 g/mol. The van der Waals surface area contributed by atoms with Crippen LogP contribution in [0, 0.1) is 0 Å². The van der Waals surface area contributed by atoms with Gasteiger partial charge in [0.2, 0.25) is 0 Å². The molecular formula is C58H38N2. The molecule has 2 heteroatoms. The average molecular weight is 763 g/mol. The smallest absolute Gasteiger partial charge is 0.160 e. The van der Waals surface area contributed by atoms with Crippen LogP contribution in [0.5, 0.6) is 0 Å². The number of hydrogen-bond donors (Lipinski definition) is 0. The van der Waals surface area contributed by atoms with Gasteiger partial charge in [-0.1, -0.05) is 206 Å². The highest BCUT2D eigenvalue weighted by Crippen LogP contribution is 2.41. The second kappa shape index (κ2) is 15.1. The van der Waals surface area contributed by atoms with E-state index in [1.807, 2.05) is 0 Å². The van der Waals surface area contributed by atoms with Crippen LogP contribution in [0.15, 0.2) is 231 Å². The third-order valence-corrected chi connectivity index (χ3v) is 11.7. The van der Waals surface area contributed by atoms with Crippen LogP contribution in [-0.2, 0) is 0 Å². The lowest BCUT2D eigenvalue weighted by atomic mass is 9.89. The molecule has 0 N–H and O–H groups in total. The standard InChI is InChI=1S/C58H38N2/c1-4-15-39(16-5-1)45-23-14-24-48(35-45)55-38-56(51-33-32-46(40-17-6-2-7-18-40)36-53(51)41-19-8-3-9-20-41)60-58(59-55)44-29-27-43(28-30-44)57-50-26-13-11-22-47(50)37-54-49-25-12-10-21-42(49)31-34-52(54)57/h1-38H. The zero-order valence-electron chi connectivity index (χ0n) is 32.8. The number of hydrogen-bond acceptors (Lipinski definition) is 2. The summed E-state index contributed by atoms with van der Waals surface area (Å²) in [5.41, 5.74) is 14.1. The summed E-state index contributed by atoms with van der Waals surface area (Å²) in [5, 5.41) is 7.47. The summed E-state index contributed by atoms with van der Waals surface area (Å²) >= 11 is 0. The van der Waals surface area contributed by atoms with Crippen LogP contribution >= 0.6 is 0 Å². The van der Waals surface area contributed by atoms with Crippen molar-refractivity contribution in [3.8, 4) is 78.4 Å². The van der Waals surface area contributed by atoms with E-state index in [1.54, 1.807) is 0 Å². The largest absolute Gasteiger partial charge is 0.228 e. The maximum Gasteiger partial charge on any atom is 0.160 e. The maximum absolute atomic E-state index is 5.39. The molecule has 0 saturated heterocycles. The fourth-order valence-electron chi connectivity index (χ4n) is 8.70. The van der Waals surface area contributed by atoms with E-state index >= 15 is 0 Å². The van der Waals surface area contributed by atoms with Gasteiger partial charge in [-0.25, -0.2) is 9.97 Å². The topological polar surface area (TPSA) is 25.8 Å². The van der Waals surface area contributed by atoms with Crippen LogP contribution in [0.1, 0.15) is 0 Å². The molecule has 11 aromatic rings. The molecule has 60 heavy (non-hydrogen) atoms. The third kappa shape index (κ3) is 6.51. The second-order valence-corrected chi connectivity index (χ2v) is 15.3. The van der Waals surface area contributed by atoms with Crippen molar-refractivity contribution in [1.82, 2.24) is 9.97 Å². The summed E-state index contributed by atoms with van der Waals surface area (Å²) in [6, 6.07) is 82.4. The van der Waals surface area contributed by atoms with Gasteiger partial charge in [0.25, 0.3) is 0 Å². The lowest BCUT2D eigenvalue weighted by molar-refractivity contribution is 1.18. The van der Waals surface area contributed by atoms with Gasteiger partial charge in [-0.05, 0) is 101 Å². The summed E-state index contributed by atoms with van der Waals surface area (Å²) in [7, 11) is 0. The van der Waals surface area contributed by atoms with Crippen molar-refractivity contribution >= 4 is 32.3 Å². The Morgan fingerprint density at radius 2 is 0.783 bits per heavy atom. The molecule has 0 radical (unpaired) electrons. The highest BCUT2D eigenvalue weighted by atomic mass is 14.9. The van der Waals surface area contributed by atoms with Crippen LogP contribution in [-0.4, -0.2) is 9.97 Å². The molecule has 0 aliphatic rings. The van der Waals surface area contributed by atoms with E-state index in [1.165, 1.54) is 49.0 Å². The Morgan fingerprint density at radius 1 is 0.233 bits per heavy atom. The minimum Gasteiger partial charge on any atom is -0.228 e. The van der Waals surface area contributed by atoms with Gasteiger partial charge in [0.15, 0.2) is 5.82 Å². The van der Waals surface area contributed by atoms with Crippen LogP contribution in [0.25, 0.3) is 111 Å². The molecule has 0 saturated carbocycles. The molecule has 0 spiro atoms. The first-order valence-electron chi connectivity index (χ1n) is 20.5. The van der Waals surface area contributed by atoms with E-state index in [-0.39, 0.29) is 0 Å². The van der Waals surface area contributed by atoms with Gasteiger partial charge in [-0.2, -0.15) is 0 Å². The quantitative estimate of drug-likeness (QED) is 0.119. The number of nitrogens with zero attached hydrogens (tertiary/aromatic N) is 2. The predicted octanol–water partition coefficient (Wildman–Crippen LogP) is 15.6. The zero-order valence-corrected chi connectivity index (χ0v) is 32.8. The molecule has 2 nitrogen and oxygen atoms in total. The highest BCUT2D eigenvalue weighted by Gasteiger charge is 2.17. The van der Waals surface area contributed by atoms with Crippen molar-refractivity contribution in [2.75, 3.05) is 0 Å². The number of rotatable bonds is 7. The Hall–Kier alpha value is -7.94. The average Bonchev–Trinajstić information content (AvgIpc) is 3.34. The van der Waals surface area contributed by atoms with Gasteiger partial charge >= 0.3 is 0 Å². The van der Waals surface area contributed by atoms with E-state index in [4.69, 9.17) is 9.97 Å². The van der Waals surface area contributed by atoms with Gasteiger partial charge in [0.05, 0.1) is 11.4 Å². The minimum atomic E-state index is 0.680. The van der Waals surface area contributed by atoms with Crippen LogP contribution < -0.4 is 0 Å². The first-order chi connectivity index (χ1) is 29.7. The summed E-state index contributed by atoms with van der Waals surface area (Å²) in [5.74, 6) is 0.680. The number of aromatic nitrogens is 2. The fraction of sp³-hybridized carbons (Fsp3) is 0. The molecule has 0 aliphatic heterocycles. The van der Waals surface area contributed by atoms with Crippen molar-refractivity contribution in [3.63, 3.8) is 0 Å². The molecule has 1 aromatic heterocycles. The normalized spacial score (nSPS) is 11.3. The zero-order chi connectivity index (χ0) is 39.8. The maximum atomic E-state index is 5.39. The first kappa shape index (κ1) is 35.2. The summed E-state index contributed by atoms with van der Waals surface area (Å²) in [6.07, 6.45) is 0. The van der Waals surface area contributed by atoms with Gasteiger partial charge in [0, 0.05) is 16.7 Å². The van der Waals surface area contributed by atoms with Crippen LogP contribution in [0.3, 0.4) is 0 Å². The van der Waals surface area contributed by atoms with Gasteiger partial charge < -0.3 is 0 Å². The summed E-state index contributed by atoms with van der Waals surface area (Å²) in [6.45, 7) is 0. The summed E-state index contributed by atoms with van der Waals surface area (Å²) < 4.78 is 0. The molecule has 0 unspecified atom stereocenters. The molecule has 0 aliphatic carbocycles. The van der Waals surface area contributed by atoms with Crippen molar-refractivity contribution in [2.45, 2.75) is 0 Å². The Balaban J connectivity index is 1.09. The van der Waals surface area contributed by atoms with Crippen molar-refractivity contribution in [1.29, 1.82) is 0 Å². The Labute approximate surface area is 349 Å². The van der Waals surface area contributed by atoms with E-state index in [9.17, 15) is 0 Å². The molecule has 0 bridgehead atoms. The van der Waals surface area contributed by atoms with Gasteiger partial charge in [-0.3, -0.25) is 0 Å². The number of fused-ring (bicyclic) bond motifs is 4. The molecule has 10 aromatic carbocycles. The molecule has 280 valence electrons. The SMILES string of the molecule is c1ccc(-c2cccc(-c3cc(-c4ccc(-c5ccccc5)cc4-c4ccccc4)nc(-c4ccc(-c5c6ccccc6cc6c5ccc5ccccc56)cc4)n3)c2)cc1. The fourth-order valence-corrected chi connectivity index (χ4v) is 8.70. The predicted molar refractivity (Wildman–Crippen MR) is 253 cm³/mol. The van der Waals surface area contributed by atoms with E-state index in [2.05, 4.69) is 231 Å². The molecule has 0 amide bonds. The van der Waals surface area contributed by atoms with Gasteiger partial charge in [0.1, 0.15) is 0 Å². The molecule has 0 atom stereocenters. The Morgan fingerprint density at radius 3 is 1.52 bits per heavy atom. The van der Waals surface area contributed by atoms with Crippen molar-refractivity contribution in [3.05, 3.63) is 231 Å². The summed E-state index contributed by atoms with van der Waals surface area (Å²) in [4.78, 5) is 10.7. The van der Waals surface area contributed by atoms with Crippen LogP contribution in [0.4, 0.5) is 0 Å². The van der Waals surface area contributed by atoms with E-state index < -0.39 is 0 Å². The van der Waals surface area contributed by atoms with Crippen molar-refractivity contribution < 1.29 is 0 Å². The van der Waals surface area contributed by atoms with Gasteiger partial charge in [-0.15, -0.1) is 0 Å². The first-order valence-corrected chi connectivity index (χ1v) is 20.5.